The molecule has 1 aliphatic carbocycles. The lowest BCUT2D eigenvalue weighted by Crippen LogP contribution is -2.19. The van der Waals surface area contributed by atoms with Gasteiger partial charge < -0.3 is 15.6 Å². The minimum Gasteiger partial charge on any atom is -0.355 e. The van der Waals surface area contributed by atoms with Crippen molar-refractivity contribution in [1.29, 1.82) is 0 Å². The van der Waals surface area contributed by atoms with Crippen LogP contribution in [-0.4, -0.2) is 43.6 Å². The van der Waals surface area contributed by atoms with E-state index in [1.54, 1.807) is 11.7 Å². The number of carbonyl (C=O) groups is 2. The van der Waals surface area contributed by atoms with E-state index >= 15 is 0 Å². The molecule has 9 heteroatoms. The Kier molecular flexibility index (Phi) is 4.73. The van der Waals surface area contributed by atoms with Gasteiger partial charge in [-0.25, -0.2) is 9.97 Å². The van der Waals surface area contributed by atoms with Crippen molar-refractivity contribution in [2.24, 2.45) is 13.0 Å². The highest BCUT2D eigenvalue weighted by atomic mass is 16.2. The van der Waals surface area contributed by atoms with Crippen LogP contribution in [-0.2, 0) is 11.8 Å². The van der Waals surface area contributed by atoms with Gasteiger partial charge in [0.15, 0.2) is 11.6 Å². The number of anilines is 1. The molecule has 1 aliphatic rings. The van der Waals surface area contributed by atoms with Gasteiger partial charge in [0.2, 0.25) is 5.91 Å². The molecule has 3 aromatic heterocycles. The van der Waals surface area contributed by atoms with Crippen LogP contribution in [0.15, 0.2) is 36.5 Å². The summed E-state index contributed by atoms with van der Waals surface area (Å²) in [6, 6.07) is 9.77. The van der Waals surface area contributed by atoms with Crippen molar-refractivity contribution in [2.75, 3.05) is 12.4 Å². The van der Waals surface area contributed by atoms with Gasteiger partial charge in [-0.05, 0) is 37.5 Å². The first-order valence-corrected chi connectivity index (χ1v) is 10.5. The quantitative estimate of drug-likeness (QED) is 0.451. The average Bonchev–Trinajstić information content (AvgIpc) is 3.47. The summed E-state index contributed by atoms with van der Waals surface area (Å²) >= 11 is 0. The molecule has 32 heavy (non-hydrogen) atoms. The zero-order valence-corrected chi connectivity index (χ0v) is 18.1. The number of aromatic nitrogens is 5. The van der Waals surface area contributed by atoms with Gasteiger partial charge in [-0.1, -0.05) is 18.2 Å². The summed E-state index contributed by atoms with van der Waals surface area (Å²) in [6.45, 7) is 1.91. The van der Waals surface area contributed by atoms with Gasteiger partial charge in [0.05, 0.1) is 11.1 Å². The van der Waals surface area contributed by atoms with Gasteiger partial charge in [0.25, 0.3) is 5.91 Å². The van der Waals surface area contributed by atoms with Crippen LogP contribution in [0.2, 0.25) is 0 Å². The monoisotopic (exact) mass is 429 g/mol. The zero-order valence-electron chi connectivity index (χ0n) is 18.1. The van der Waals surface area contributed by atoms with Crippen molar-refractivity contribution in [3.05, 3.63) is 47.9 Å². The maximum Gasteiger partial charge on any atom is 0.253 e. The van der Waals surface area contributed by atoms with E-state index in [0.29, 0.717) is 28.1 Å². The van der Waals surface area contributed by atoms with Crippen molar-refractivity contribution in [3.8, 4) is 22.6 Å². The molecule has 0 spiro atoms. The van der Waals surface area contributed by atoms with Crippen molar-refractivity contribution in [3.63, 3.8) is 0 Å². The Morgan fingerprint density at radius 2 is 1.97 bits per heavy atom. The number of fused-ring (bicyclic) bond motifs is 1. The highest BCUT2D eigenvalue weighted by molar-refractivity contribution is 6.11. The highest BCUT2D eigenvalue weighted by Gasteiger charge is 2.30. The molecule has 1 saturated carbocycles. The number of aryl methyl sites for hydroxylation is 2. The van der Waals surface area contributed by atoms with Crippen molar-refractivity contribution >= 4 is 28.5 Å². The molecule has 0 saturated heterocycles. The third kappa shape index (κ3) is 3.51. The summed E-state index contributed by atoms with van der Waals surface area (Å²) in [5, 5.41) is 10.7. The first kappa shape index (κ1) is 19.9. The summed E-state index contributed by atoms with van der Waals surface area (Å²) in [6.07, 6.45) is 3.29. The van der Waals surface area contributed by atoms with Gasteiger partial charge >= 0.3 is 0 Å². The first-order valence-electron chi connectivity index (χ1n) is 10.5. The van der Waals surface area contributed by atoms with Crippen LogP contribution < -0.4 is 10.6 Å². The number of H-pyrrole nitrogens is 1. The molecule has 0 radical (unpaired) electrons. The molecule has 9 nitrogen and oxygen atoms in total. The SMILES string of the molecule is CNC(=O)c1cnc(NC(=O)C2CC2)c2[nH]c(-c3cccc(-c4nc(C)n(C)n4)c3)cc12. The van der Waals surface area contributed by atoms with Crippen molar-refractivity contribution in [2.45, 2.75) is 19.8 Å². The van der Waals surface area contributed by atoms with Crippen LogP contribution in [0.25, 0.3) is 33.5 Å². The van der Waals surface area contributed by atoms with E-state index in [0.717, 1.165) is 35.5 Å². The number of carbonyl (C=O) groups excluding carboxylic acids is 2. The second kappa shape index (κ2) is 7.60. The molecule has 0 atom stereocenters. The number of nitrogens with one attached hydrogen (secondary N) is 3. The van der Waals surface area contributed by atoms with Crippen molar-refractivity contribution < 1.29 is 9.59 Å². The van der Waals surface area contributed by atoms with Gasteiger partial charge in [-0.15, -0.1) is 0 Å². The van der Waals surface area contributed by atoms with Crippen LogP contribution in [0, 0.1) is 12.8 Å². The van der Waals surface area contributed by atoms with Crippen LogP contribution in [0.1, 0.15) is 29.0 Å². The largest absolute Gasteiger partial charge is 0.355 e. The fraction of sp³-hybridized carbons (Fsp3) is 0.261. The average molecular weight is 429 g/mol. The Bertz CT molecular complexity index is 1340. The second-order valence-electron chi connectivity index (χ2n) is 8.02. The zero-order chi connectivity index (χ0) is 22.4. The lowest BCUT2D eigenvalue weighted by Gasteiger charge is -2.07. The number of hydrogen-bond donors (Lipinski definition) is 3. The summed E-state index contributed by atoms with van der Waals surface area (Å²) in [4.78, 5) is 37.0. The minimum atomic E-state index is -0.241. The molecule has 0 bridgehead atoms. The number of amides is 2. The number of nitrogens with zero attached hydrogens (tertiary/aromatic N) is 4. The molecule has 4 aromatic rings. The molecule has 162 valence electrons. The fourth-order valence-electron chi connectivity index (χ4n) is 3.66. The number of rotatable bonds is 5. The van der Waals surface area contributed by atoms with E-state index in [9.17, 15) is 9.59 Å². The van der Waals surface area contributed by atoms with E-state index < -0.39 is 0 Å². The molecule has 0 aliphatic heterocycles. The molecule has 5 rings (SSSR count). The second-order valence-corrected chi connectivity index (χ2v) is 8.02. The molecule has 2 amide bonds. The lowest BCUT2D eigenvalue weighted by molar-refractivity contribution is -0.117. The van der Waals surface area contributed by atoms with Crippen LogP contribution in [0.5, 0.6) is 0 Å². The smallest absolute Gasteiger partial charge is 0.253 e. The normalized spacial score (nSPS) is 13.3. The highest BCUT2D eigenvalue weighted by Crippen LogP contribution is 2.34. The summed E-state index contributed by atoms with van der Waals surface area (Å²) in [5.74, 6) is 1.66. The Hall–Kier alpha value is -4.01. The van der Waals surface area contributed by atoms with E-state index in [4.69, 9.17) is 0 Å². The Labute approximate surface area is 184 Å². The maximum absolute atomic E-state index is 12.4. The topological polar surface area (TPSA) is 118 Å². The van der Waals surface area contributed by atoms with E-state index in [2.05, 4.69) is 30.7 Å². The third-order valence-electron chi connectivity index (χ3n) is 5.74. The van der Waals surface area contributed by atoms with E-state index in [1.807, 2.05) is 44.3 Å². The van der Waals surface area contributed by atoms with Gasteiger partial charge in [-0.3, -0.25) is 14.3 Å². The first-order chi connectivity index (χ1) is 15.4. The third-order valence-corrected chi connectivity index (χ3v) is 5.74. The fourth-order valence-corrected chi connectivity index (χ4v) is 3.66. The molecule has 3 heterocycles. The standard InChI is InChI=1S/C23H23N7O2/c1-12-26-20(29-30(12)3)15-6-4-5-14(9-15)18-10-16-17(23(32)24-2)11-25-21(19(16)27-18)28-22(31)13-7-8-13/h4-6,9-11,13,27H,7-8H2,1-3H3,(H,24,32)(H,25,28,31). The van der Waals surface area contributed by atoms with Crippen molar-refractivity contribution in [1.82, 2.24) is 30.0 Å². The molecular formula is C23H23N7O2. The Morgan fingerprint density at radius 1 is 1.19 bits per heavy atom. The summed E-state index contributed by atoms with van der Waals surface area (Å²) in [5.41, 5.74) is 3.65. The number of hydrogen-bond acceptors (Lipinski definition) is 5. The predicted octanol–water partition coefficient (Wildman–Crippen LogP) is 3.04. The van der Waals surface area contributed by atoms with Gasteiger partial charge in [0, 0.05) is 42.9 Å². The Morgan fingerprint density at radius 3 is 2.66 bits per heavy atom. The number of aromatic amines is 1. The van der Waals surface area contributed by atoms with E-state index in [-0.39, 0.29) is 17.7 Å². The van der Waals surface area contributed by atoms with E-state index in [1.165, 1.54) is 6.20 Å². The molecule has 3 N–H and O–H groups in total. The molecule has 0 unspecified atom stereocenters. The maximum atomic E-state index is 12.4. The minimum absolute atomic E-state index is 0.0405. The van der Waals surface area contributed by atoms with Crippen LogP contribution >= 0.6 is 0 Å². The number of pyridine rings is 1. The predicted molar refractivity (Wildman–Crippen MR) is 121 cm³/mol. The number of benzene rings is 1. The summed E-state index contributed by atoms with van der Waals surface area (Å²) in [7, 11) is 3.44. The molecule has 1 aromatic carbocycles. The van der Waals surface area contributed by atoms with Gasteiger partial charge in [0.1, 0.15) is 5.82 Å². The summed E-state index contributed by atoms with van der Waals surface area (Å²) < 4.78 is 1.74. The molecule has 1 fully saturated rings. The Balaban J connectivity index is 1.60. The molecular weight excluding hydrogens is 406 g/mol. The van der Waals surface area contributed by atoms with Crippen LogP contribution in [0.4, 0.5) is 5.82 Å². The van der Waals surface area contributed by atoms with Crippen LogP contribution in [0.3, 0.4) is 0 Å². The van der Waals surface area contributed by atoms with Gasteiger partial charge in [-0.2, -0.15) is 5.10 Å². The lowest BCUT2D eigenvalue weighted by atomic mass is 10.1.